The average Bonchev–Trinajstić information content (AvgIpc) is 2.85. The summed E-state index contributed by atoms with van der Waals surface area (Å²) < 4.78 is 0. The van der Waals surface area contributed by atoms with Gasteiger partial charge in [0.25, 0.3) is 0 Å². The fourth-order valence-corrected chi connectivity index (χ4v) is 2.77. The van der Waals surface area contributed by atoms with E-state index in [0.717, 1.165) is 12.1 Å². The van der Waals surface area contributed by atoms with Gasteiger partial charge in [-0.3, -0.25) is 4.79 Å². The molecule has 0 radical (unpaired) electrons. The second kappa shape index (κ2) is 6.60. The van der Waals surface area contributed by atoms with Gasteiger partial charge in [0.1, 0.15) is 6.04 Å². The van der Waals surface area contributed by atoms with Gasteiger partial charge in [0, 0.05) is 17.8 Å². The SMILES string of the molecule is CC(C)[C@H](NC(=O)NC(C)(C)C)C(=O)N1CCc2ccccc21. The highest BCUT2D eigenvalue weighted by atomic mass is 16.2. The van der Waals surface area contributed by atoms with E-state index in [4.69, 9.17) is 0 Å². The highest BCUT2D eigenvalue weighted by molar-refractivity contribution is 6.00. The number of nitrogens with zero attached hydrogens (tertiary/aromatic N) is 1. The van der Waals surface area contributed by atoms with E-state index in [-0.39, 0.29) is 23.4 Å². The first kappa shape index (κ1) is 17.3. The van der Waals surface area contributed by atoms with Crippen molar-refractivity contribution in [2.75, 3.05) is 11.4 Å². The number of hydrogen-bond acceptors (Lipinski definition) is 2. The van der Waals surface area contributed by atoms with Gasteiger partial charge in [-0.05, 0) is 44.7 Å². The number of rotatable bonds is 3. The van der Waals surface area contributed by atoms with Crippen molar-refractivity contribution in [1.29, 1.82) is 0 Å². The lowest BCUT2D eigenvalue weighted by atomic mass is 10.0. The van der Waals surface area contributed by atoms with Crippen LogP contribution in [-0.2, 0) is 11.2 Å². The number of urea groups is 1. The van der Waals surface area contributed by atoms with E-state index in [1.165, 1.54) is 5.56 Å². The molecule has 0 aromatic heterocycles. The number of nitrogens with one attached hydrogen (secondary N) is 2. The maximum atomic E-state index is 12.9. The number of anilines is 1. The minimum Gasteiger partial charge on any atom is -0.334 e. The Morgan fingerprint density at radius 2 is 1.83 bits per heavy atom. The van der Waals surface area contributed by atoms with Crippen molar-refractivity contribution in [2.45, 2.75) is 52.6 Å². The normalized spacial score (nSPS) is 15.3. The summed E-state index contributed by atoms with van der Waals surface area (Å²) >= 11 is 0. The summed E-state index contributed by atoms with van der Waals surface area (Å²) in [6.07, 6.45) is 0.862. The van der Waals surface area contributed by atoms with Crippen molar-refractivity contribution in [3.63, 3.8) is 0 Å². The number of benzene rings is 1. The van der Waals surface area contributed by atoms with Crippen LogP contribution in [0.5, 0.6) is 0 Å². The molecule has 0 saturated carbocycles. The van der Waals surface area contributed by atoms with Gasteiger partial charge in [-0.1, -0.05) is 32.0 Å². The van der Waals surface area contributed by atoms with Crippen LogP contribution in [0.15, 0.2) is 24.3 Å². The van der Waals surface area contributed by atoms with Gasteiger partial charge in [0.05, 0.1) is 0 Å². The fraction of sp³-hybridized carbons (Fsp3) is 0.556. The monoisotopic (exact) mass is 317 g/mol. The van der Waals surface area contributed by atoms with Crippen LogP contribution in [0.2, 0.25) is 0 Å². The van der Waals surface area contributed by atoms with Gasteiger partial charge in [-0.2, -0.15) is 0 Å². The van der Waals surface area contributed by atoms with E-state index < -0.39 is 6.04 Å². The molecule has 0 unspecified atom stereocenters. The third-order valence-electron chi connectivity index (χ3n) is 3.86. The summed E-state index contributed by atoms with van der Waals surface area (Å²) in [5.41, 5.74) is 1.80. The molecule has 5 nitrogen and oxygen atoms in total. The molecule has 5 heteroatoms. The molecular weight excluding hydrogens is 290 g/mol. The minimum atomic E-state index is -0.538. The lowest BCUT2D eigenvalue weighted by Gasteiger charge is -2.29. The molecule has 0 saturated heterocycles. The van der Waals surface area contributed by atoms with E-state index >= 15 is 0 Å². The van der Waals surface area contributed by atoms with E-state index in [0.29, 0.717) is 6.54 Å². The highest BCUT2D eigenvalue weighted by Crippen LogP contribution is 2.28. The molecule has 1 heterocycles. The Bertz CT molecular complexity index is 590. The zero-order chi connectivity index (χ0) is 17.2. The fourth-order valence-electron chi connectivity index (χ4n) is 2.77. The summed E-state index contributed by atoms with van der Waals surface area (Å²) in [7, 11) is 0. The van der Waals surface area contributed by atoms with E-state index in [1.807, 2.05) is 58.9 Å². The minimum absolute atomic E-state index is 0.0148. The predicted molar refractivity (Wildman–Crippen MR) is 92.5 cm³/mol. The maximum Gasteiger partial charge on any atom is 0.315 e. The number of amides is 3. The van der Waals surface area contributed by atoms with Crippen LogP contribution < -0.4 is 15.5 Å². The lowest BCUT2D eigenvalue weighted by molar-refractivity contribution is -0.121. The Morgan fingerprint density at radius 1 is 1.17 bits per heavy atom. The van der Waals surface area contributed by atoms with E-state index in [2.05, 4.69) is 10.6 Å². The lowest BCUT2D eigenvalue weighted by Crippen LogP contribution is -2.56. The standard InChI is InChI=1S/C18H27N3O2/c1-12(2)15(19-17(23)20-18(3,4)5)16(22)21-11-10-13-8-6-7-9-14(13)21/h6-9,12,15H,10-11H2,1-5H3,(H2,19,20,23)/t15-/m0/s1. The molecule has 0 fully saturated rings. The van der Waals surface area contributed by atoms with Crippen molar-refractivity contribution in [2.24, 2.45) is 5.92 Å². The molecule has 126 valence electrons. The Balaban J connectivity index is 2.13. The molecule has 1 aliphatic heterocycles. The van der Waals surface area contributed by atoms with Crippen LogP contribution in [0.25, 0.3) is 0 Å². The first-order valence-electron chi connectivity index (χ1n) is 8.17. The van der Waals surface area contributed by atoms with Crippen LogP contribution in [0.4, 0.5) is 10.5 Å². The first-order valence-corrected chi connectivity index (χ1v) is 8.17. The van der Waals surface area contributed by atoms with Gasteiger partial charge in [0.2, 0.25) is 5.91 Å². The third-order valence-corrected chi connectivity index (χ3v) is 3.86. The largest absolute Gasteiger partial charge is 0.334 e. The molecule has 1 atom stereocenters. The molecule has 0 spiro atoms. The quantitative estimate of drug-likeness (QED) is 0.900. The van der Waals surface area contributed by atoms with Gasteiger partial charge >= 0.3 is 6.03 Å². The number of fused-ring (bicyclic) bond motifs is 1. The van der Waals surface area contributed by atoms with Gasteiger partial charge < -0.3 is 15.5 Å². The summed E-state index contributed by atoms with van der Waals surface area (Å²) in [6.45, 7) is 10.3. The van der Waals surface area contributed by atoms with Crippen molar-refractivity contribution in [1.82, 2.24) is 10.6 Å². The first-order chi connectivity index (χ1) is 10.7. The van der Waals surface area contributed by atoms with Crippen LogP contribution in [-0.4, -0.2) is 30.1 Å². The Labute approximate surface area is 138 Å². The van der Waals surface area contributed by atoms with Crippen LogP contribution in [0, 0.1) is 5.92 Å². The molecule has 2 rings (SSSR count). The number of carbonyl (C=O) groups is 2. The summed E-state index contributed by atoms with van der Waals surface area (Å²) in [4.78, 5) is 26.9. The zero-order valence-corrected chi connectivity index (χ0v) is 14.6. The van der Waals surface area contributed by atoms with E-state index in [1.54, 1.807) is 4.90 Å². The van der Waals surface area contributed by atoms with Crippen LogP contribution >= 0.6 is 0 Å². The van der Waals surface area contributed by atoms with Crippen LogP contribution in [0.1, 0.15) is 40.2 Å². The number of carbonyl (C=O) groups excluding carboxylic acids is 2. The Kier molecular flexibility index (Phi) is 4.97. The van der Waals surface area contributed by atoms with Gasteiger partial charge in [0.15, 0.2) is 0 Å². The highest BCUT2D eigenvalue weighted by Gasteiger charge is 2.33. The smallest absolute Gasteiger partial charge is 0.315 e. The summed E-state index contributed by atoms with van der Waals surface area (Å²) in [5, 5.41) is 5.69. The Morgan fingerprint density at radius 3 is 2.43 bits per heavy atom. The van der Waals surface area contributed by atoms with Gasteiger partial charge in [-0.25, -0.2) is 4.79 Å². The topological polar surface area (TPSA) is 61.4 Å². The molecular formula is C18H27N3O2. The molecule has 1 aromatic carbocycles. The van der Waals surface area contributed by atoms with Crippen molar-refractivity contribution >= 4 is 17.6 Å². The molecule has 2 N–H and O–H groups in total. The van der Waals surface area contributed by atoms with Gasteiger partial charge in [-0.15, -0.1) is 0 Å². The van der Waals surface area contributed by atoms with Crippen molar-refractivity contribution < 1.29 is 9.59 Å². The molecule has 1 aromatic rings. The number of hydrogen-bond donors (Lipinski definition) is 2. The molecule has 3 amide bonds. The molecule has 23 heavy (non-hydrogen) atoms. The summed E-state index contributed by atoms with van der Waals surface area (Å²) in [5.74, 6) is -0.0324. The van der Waals surface area contributed by atoms with E-state index in [9.17, 15) is 9.59 Å². The second-order valence-corrected chi connectivity index (χ2v) is 7.44. The Hall–Kier alpha value is -2.04. The van der Waals surface area contributed by atoms with Crippen LogP contribution in [0.3, 0.4) is 0 Å². The molecule has 0 aliphatic carbocycles. The third kappa shape index (κ3) is 4.24. The van der Waals surface area contributed by atoms with Crippen molar-refractivity contribution in [3.05, 3.63) is 29.8 Å². The summed E-state index contributed by atoms with van der Waals surface area (Å²) in [6, 6.07) is 7.09. The average molecular weight is 317 g/mol. The second-order valence-electron chi connectivity index (χ2n) is 7.44. The number of para-hydroxylation sites is 1. The molecule has 1 aliphatic rings. The maximum absolute atomic E-state index is 12.9. The van der Waals surface area contributed by atoms with Crippen molar-refractivity contribution in [3.8, 4) is 0 Å². The predicted octanol–water partition coefficient (Wildman–Crippen LogP) is 2.70. The zero-order valence-electron chi connectivity index (χ0n) is 14.6. The molecule has 0 bridgehead atoms.